The summed E-state index contributed by atoms with van der Waals surface area (Å²) in [4.78, 5) is 24.6. The predicted octanol–water partition coefficient (Wildman–Crippen LogP) is 1.36. The van der Waals surface area contributed by atoms with Crippen molar-refractivity contribution in [2.45, 2.75) is 37.9 Å². The molecule has 0 aromatic rings. The van der Waals surface area contributed by atoms with E-state index in [0.717, 1.165) is 6.29 Å². The van der Waals surface area contributed by atoms with Gasteiger partial charge in [0, 0.05) is 12.0 Å². The summed E-state index contributed by atoms with van der Waals surface area (Å²) in [5.74, 6) is -0.813. The van der Waals surface area contributed by atoms with Crippen LogP contribution in [0, 0.1) is 17.3 Å². The minimum absolute atomic E-state index is 0.0339. The molecule has 2 fully saturated rings. The molecular formula is C16H20O5. The normalized spacial score (nSPS) is 41.3. The number of hydrogen-bond acceptors (Lipinski definition) is 5. The number of ether oxygens (including phenoxy) is 2. The summed E-state index contributed by atoms with van der Waals surface area (Å²) in [5, 5.41) is 10.6. The summed E-state index contributed by atoms with van der Waals surface area (Å²) in [7, 11) is 0. The average Bonchev–Trinajstić information content (AvgIpc) is 2.89. The fourth-order valence-corrected chi connectivity index (χ4v) is 4.50. The van der Waals surface area contributed by atoms with Crippen LogP contribution in [0.4, 0.5) is 0 Å². The molecule has 2 aliphatic carbocycles. The molecule has 1 aliphatic heterocycles. The summed E-state index contributed by atoms with van der Waals surface area (Å²) >= 11 is 0. The maximum atomic E-state index is 12.8. The van der Waals surface area contributed by atoms with Crippen LogP contribution in [-0.2, 0) is 19.1 Å². The summed E-state index contributed by atoms with van der Waals surface area (Å²) in [5.41, 5.74) is -3.03. The molecule has 1 N–H and O–H groups in total. The molecule has 1 saturated carbocycles. The van der Waals surface area contributed by atoms with Gasteiger partial charge in [-0.05, 0) is 26.7 Å². The first-order valence-electron chi connectivity index (χ1n) is 7.15. The lowest BCUT2D eigenvalue weighted by atomic mass is 9.60. The Labute approximate surface area is 123 Å². The van der Waals surface area contributed by atoms with E-state index in [1.54, 1.807) is 19.9 Å². The van der Waals surface area contributed by atoms with Gasteiger partial charge in [0.25, 0.3) is 0 Å². The number of aliphatic hydroxyl groups is 1. The fraction of sp³-hybridized carbons (Fsp3) is 0.625. The second-order valence-electron chi connectivity index (χ2n) is 6.73. The quantitative estimate of drug-likeness (QED) is 0.626. The van der Waals surface area contributed by atoms with Crippen molar-refractivity contribution in [1.82, 2.24) is 0 Å². The number of hydrogen-bond donors (Lipinski definition) is 1. The Morgan fingerprint density at radius 3 is 2.86 bits per heavy atom. The molecule has 5 heteroatoms. The topological polar surface area (TPSA) is 72.8 Å². The maximum absolute atomic E-state index is 12.8. The van der Waals surface area contributed by atoms with Crippen molar-refractivity contribution >= 4 is 12.1 Å². The van der Waals surface area contributed by atoms with E-state index in [2.05, 4.69) is 6.58 Å². The molecule has 0 aromatic heterocycles. The predicted molar refractivity (Wildman–Crippen MR) is 74.1 cm³/mol. The van der Waals surface area contributed by atoms with E-state index < -0.39 is 28.5 Å². The van der Waals surface area contributed by atoms with Crippen LogP contribution in [0.3, 0.4) is 0 Å². The number of carbonyl (C=O) groups excluding carboxylic acids is 2. The van der Waals surface area contributed by atoms with Crippen LogP contribution in [0.5, 0.6) is 0 Å². The zero-order valence-corrected chi connectivity index (χ0v) is 12.3. The molecule has 0 aromatic carbocycles. The number of aldehydes is 1. The summed E-state index contributed by atoms with van der Waals surface area (Å²) < 4.78 is 11.2. The van der Waals surface area contributed by atoms with Crippen molar-refractivity contribution in [1.29, 1.82) is 0 Å². The van der Waals surface area contributed by atoms with Crippen molar-refractivity contribution in [2.24, 2.45) is 17.3 Å². The Morgan fingerprint density at radius 2 is 2.29 bits per heavy atom. The third-order valence-electron chi connectivity index (χ3n) is 5.33. The number of carbonyl (C=O) groups is 2. The van der Waals surface area contributed by atoms with Crippen molar-refractivity contribution in [3.8, 4) is 0 Å². The van der Waals surface area contributed by atoms with Gasteiger partial charge in [0.1, 0.15) is 17.6 Å². The standard InChI is InChI=1S/C16H20O5/c1-4-5-15-10(14(2,3)19)7-16(11(15)8-17)13(6-12(15)18)20-9-21-16/h4,6,8,10-11,19H,1,5,7,9H2,2-3H3/t10-,11?,15+,16+/m1/s1. The summed E-state index contributed by atoms with van der Waals surface area (Å²) in [6.45, 7) is 7.10. The van der Waals surface area contributed by atoms with Crippen LogP contribution in [-0.4, -0.2) is 35.2 Å². The van der Waals surface area contributed by atoms with E-state index in [1.807, 2.05) is 0 Å². The van der Waals surface area contributed by atoms with Crippen LogP contribution in [0.15, 0.2) is 24.5 Å². The van der Waals surface area contributed by atoms with Crippen LogP contribution < -0.4 is 0 Å². The minimum atomic E-state index is -1.11. The Balaban J connectivity index is 2.25. The third kappa shape index (κ3) is 1.59. The zero-order chi connectivity index (χ0) is 15.5. The number of rotatable bonds is 4. The van der Waals surface area contributed by atoms with E-state index in [9.17, 15) is 14.7 Å². The third-order valence-corrected chi connectivity index (χ3v) is 5.33. The zero-order valence-electron chi connectivity index (χ0n) is 12.3. The molecule has 114 valence electrons. The van der Waals surface area contributed by atoms with Gasteiger partial charge in [0.2, 0.25) is 0 Å². The van der Waals surface area contributed by atoms with Crippen molar-refractivity contribution in [2.75, 3.05) is 6.79 Å². The Hall–Kier alpha value is -1.46. The molecule has 0 radical (unpaired) electrons. The largest absolute Gasteiger partial charge is 0.469 e. The molecule has 21 heavy (non-hydrogen) atoms. The second-order valence-corrected chi connectivity index (χ2v) is 6.73. The number of allylic oxidation sites excluding steroid dienone is 2. The van der Waals surface area contributed by atoms with Gasteiger partial charge in [-0.15, -0.1) is 6.58 Å². The first-order valence-corrected chi connectivity index (χ1v) is 7.15. The van der Waals surface area contributed by atoms with Gasteiger partial charge >= 0.3 is 0 Å². The lowest BCUT2D eigenvalue weighted by Crippen LogP contribution is -2.52. The van der Waals surface area contributed by atoms with Gasteiger partial charge in [-0.1, -0.05) is 6.08 Å². The van der Waals surface area contributed by atoms with Gasteiger partial charge in [0.05, 0.1) is 16.9 Å². The Bertz CT molecular complexity index is 543. The van der Waals surface area contributed by atoms with Crippen LogP contribution in [0.1, 0.15) is 26.7 Å². The van der Waals surface area contributed by atoms with E-state index in [0.29, 0.717) is 18.6 Å². The first-order chi connectivity index (χ1) is 9.83. The van der Waals surface area contributed by atoms with Gasteiger partial charge in [-0.3, -0.25) is 4.79 Å². The molecule has 3 rings (SSSR count). The SMILES string of the molecule is C=CC[C@]12C(=O)C=C3OCO[C@@]3(C[C@@H]1C(C)(C)O)C2C=O. The Kier molecular flexibility index (Phi) is 2.94. The Morgan fingerprint density at radius 1 is 1.57 bits per heavy atom. The first kappa shape index (κ1) is 14.5. The highest BCUT2D eigenvalue weighted by Gasteiger charge is 2.73. The highest BCUT2D eigenvalue weighted by Crippen LogP contribution is 2.65. The van der Waals surface area contributed by atoms with E-state index in [1.165, 1.54) is 6.08 Å². The lowest BCUT2D eigenvalue weighted by Gasteiger charge is -2.43. The molecule has 1 unspecified atom stereocenters. The van der Waals surface area contributed by atoms with Gasteiger partial charge in [0.15, 0.2) is 12.6 Å². The highest BCUT2D eigenvalue weighted by atomic mass is 16.7. The molecule has 0 amide bonds. The molecule has 1 heterocycles. The molecule has 2 bridgehead atoms. The second kappa shape index (κ2) is 4.27. The van der Waals surface area contributed by atoms with E-state index in [4.69, 9.17) is 9.47 Å². The highest BCUT2D eigenvalue weighted by molar-refractivity contribution is 6.01. The van der Waals surface area contributed by atoms with Gasteiger partial charge < -0.3 is 19.4 Å². The minimum Gasteiger partial charge on any atom is -0.469 e. The lowest BCUT2D eigenvalue weighted by molar-refractivity contribution is -0.144. The van der Waals surface area contributed by atoms with E-state index >= 15 is 0 Å². The van der Waals surface area contributed by atoms with Crippen molar-refractivity contribution < 1.29 is 24.2 Å². The van der Waals surface area contributed by atoms with Crippen molar-refractivity contribution in [3.05, 3.63) is 24.5 Å². The number of ketones is 1. The molecule has 3 aliphatic rings. The van der Waals surface area contributed by atoms with E-state index in [-0.39, 0.29) is 12.6 Å². The van der Waals surface area contributed by atoms with Crippen LogP contribution in [0.2, 0.25) is 0 Å². The smallest absolute Gasteiger partial charge is 0.189 e. The number of fused-ring (bicyclic) bond motifs is 1. The average molecular weight is 292 g/mol. The molecular weight excluding hydrogens is 272 g/mol. The molecule has 1 saturated heterocycles. The monoisotopic (exact) mass is 292 g/mol. The summed E-state index contributed by atoms with van der Waals surface area (Å²) in [6.07, 6.45) is 4.60. The molecule has 5 nitrogen and oxygen atoms in total. The van der Waals surface area contributed by atoms with Crippen LogP contribution in [0.25, 0.3) is 0 Å². The maximum Gasteiger partial charge on any atom is 0.189 e. The van der Waals surface area contributed by atoms with Crippen molar-refractivity contribution in [3.63, 3.8) is 0 Å². The van der Waals surface area contributed by atoms with Gasteiger partial charge in [-0.2, -0.15) is 0 Å². The van der Waals surface area contributed by atoms with Crippen LogP contribution >= 0.6 is 0 Å². The van der Waals surface area contributed by atoms with Gasteiger partial charge in [-0.25, -0.2) is 0 Å². The molecule has 1 spiro atoms. The fourth-order valence-electron chi connectivity index (χ4n) is 4.50. The molecule has 4 atom stereocenters. The summed E-state index contributed by atoms with van der Waals surface area (Å²) in [6, 6.07) is 0.